The number of hydrogen-bond donors (Lipinski definition) is 0. The Kier molecular flexibility index (Phi) is 5.58. The van der Waals surface area contributed by atoms with Gasteiger partial charge in [-0.3, -0.25) is 4.79 Å². The predicted molar refractivity (Wildman–Crippen MR) is 104 cm³/mol. The summed E-state index contributed by atoms with van der Waals surface area (Å²) in [6, 6.07) is 4.11. The number of pyridine rings is 1. The zero-order valence-corrected chi connectivity index (χ0v) is 16.8. The molecule has 0 N–H and O–H groups in total. The van der Waals surface area contributed by atoms with Gasteiger partial charge in [0.1, 0.15) is 11.4 Å². The molecule has 2 amide bonds. The van der Waals surface area contributed by atoms with Gasteiger partial charge in [0.25, 0.3) is 0 Å². The minimum atomic E-state index is -0.485. The van der Waals surface area contributed by atoms with E-state index in [-0.39, 0.29) is 18.0 Å². The summed E-state index contributed by atoms with van der Waals surface area (Å²) in [7, 11) is 0. The van der Waals surface area contributed by atoms with Crippen molar-refractivity contribution in [2.75, 3.05) is 37.6 Å². The predicted octanol–water partition coefficient (Wildman–Crippen LogP) is 2.82. The molecule has 148 valence electrons. The van der Waals surface area contributed by atoms with Crippen molar-refractivity contribution in [1.82, 2.24) is 14.8 Å². The Bertz CT molecular complexity index is 693. The van der Waals surface area contributed by atoms with Crippen LogP contribution in [0.1, 0.15) is 52.1 Å². The van der Waals surface area contributed by atoms with E-state index in [1.807, 2.05) is 31.7 Å². The van der Waals surface area contributed by atoms with Gasteiger partial charge in [-0.1, -0.05) is 6.07 Å². The highest BCUT2D eigenvalue weighted by Gasteiger charge is 2.32. The fraction of sp³-hybridized carbons (Fsp3) is 0.650. The summed E-state index contributed by atoms with van der Waals surface area (Å²) in [5.41, 5.74) is 0.622. The van der Waals surface area contributed by atoms with Crippen molar-refractivity contribution in [3.8, 4) is 0 Å². The van der Waals surface area contributed by atoms with Gasteiger partial charge in [0.15, 0.2) is 0 Å². The van der Waals surface area contributed by atoms with Gasteiger partial charge in [-0.15, -0.1) is 0 Å². The lowest BCUT2D eigenvalue weighted by molar-refractivity contribution is -0.129. The van der Waals surface area contributed by atoms with E-state index >= 15 is 0 Å². The number of carbonyl (C=O) groups excluding carboxylic acids is 2. The normalized spacial score (nSPS) is 20.7. The second-order valence-corrected chi connectivity index (χ2v) is 8.24. The third-order valence-corrected chi connectivity index (χ3v) is 5.06. The molecular formula is C20H30N4O3. The summed E-state index contributed by atoms with van der Waals surface area (Å²) in [5.74, 6) is 1.04. The Morgan fingerprint density at radius 1 is 1.15 bits per heavy atom. The molecule has 27 heavy (non-hydrogen) atoms. The van der Waals surface area contributed by atoms with Crippen molar-refractivity contribution >= 4 is 17.8 Å². The van der Waals surface area contributed by atoms with Crippen LogP contribution in [0.15, 0.2) is 18.3 Å². The molecule has 1 aromatic heterocycles. The second kappa shape index (κ2) is 7.74. The highest BCUT2D eigenvalue weighted by molar-refractivity contribution is 5.74. The first-order valence-electron chi connectivity index (χ1n) is 9.71. The third-order valence-electron chi connectivity index (χ3n) is 5.06. The van der Waals surface area contributed by atoms with Crippen molar-refractivity contribution in [3.63, 3.8) is 0 Å². The molecule has 0 spiro atoms. The van der Waals surface area contributed by atoms with Gasteiger partial charge in [0.2, 0.25) is 5.91 Å². The van der Waals surface area contributed by atoms with Crippen molar-refractivity contribution in [2.24, 2.45) is 0 Å². The first-order valence-corrected chi connectivity index (χ1v) is 9.71. The number of aromatic nitrogens is 1. The quantitative estimate of drug-likeness (QED) is 0.796. The summed E-state index contributed by atoms with van der Waals surface area (Å²) in [6.07, 6.45) is 3.52. The van der Waals surface area contributed by atoms with Gasteiger partial charge < -0.3 is 19.4 Å². The van der Waals surface area contributed by atoms with E-state index in [4.69, 9.17) is 4.74 Å². The number of ether oxygens (including phenoxy) is 1. The maximum absolute atomic E-state index is 12.3. The second-order valence-electron chi connectivity index (χ2n) is 8.24. The van der Waals surface area contributed by atoms with E-state index in [0.717, 1.165) is 30.8 Å². The number of carbonyl (C=O) groups is 2. The van der Waals surface area contributed by atoms with E-state index in [1.165, 1.54) is 0 Å². The van der Waals surface area contributed by atoms with E-state index in [1.54, 1.807) is 18.0 Å². The van der Waals surface area contributed by atoms with Crippen LogP contribution < -0.4 is 4.90 Å². The summed E-state index contributed by atoms with van der Waals surface area (Å²) in [5, 5.41) is 0. The number of likely N-dealkylation sites (tertiary alicyclic amines) is 1. The molecule has 0 unspecified atom stereocenters. The van der Waals surface area contributed by atoms with Gasteiger partial charge in [0, 0.05) is 51.4 Å². The molecule has 7 heteroatoms. The standard InChI is InChI=1S/C20H30N4O3/c1-15(25)24-10-6-8-17(24)16-7-5-9-21-18(16)22-11-13-23(14-12-22)19(26)27-20(2,3)4/h5,7,9,17H,6,8,10-14H2,1-4H3/t17-/m0/s1. The monoisotopic (exact) mass is 374 g/mol. The van der Waals surface area contributed by atoms with Gasteiger partial charge in [-0.25, -0.2) is 9.78 Å². The molecule has 0 radical (unpaired) electrons. The molecule has 0 saturated carbocycles. The molecule has 2 fully saturated rings. The van der Waals surface area contributed by atoms with E-state index < -0.39 is 5.60 Å². The Morgan fingerprint density at radius 3 is 2.48 bits per heavy atom. The Labute approximate surface area is 161 Å². The van der Waals surface area contributed by atoms with Gasteiger partial charge in [-0.2, -0.15) is 0 Å². The molecule has 3 heterocycles. The highest BCUT2D eigenvalue weighted by atomic mass is 16.6. The van der Waals surface area contributed by atoms with Crippen molar-refractivity contribution in [2.45, 2.75) is 52.2 Å². The van der Waals surface area contributed by atoms with Crippen LogP contribution in [0, 0.1) is 0 Å². The fourth-order valence-corrected chi connectivity index (χ4v) is 3.83. The van der Waals surface area contributed by atoms with E-state index in [2.05, 4.69) is 16.0 Å². The lowest BCUT2D eigenvalue weighted by atomic mass is 10.0. The molecular weight excluding hydrogens is 344 g/mol. The van der Waals surface area contributed by atoms with Crippen molar-refractivity contribution in [1.29, 1.82) is 0 Å². The average Bonchev–Trinajstić information content (AvgIpc) is 3.10. The van der Waals surface area contributed by atoms with Gasteiger partial charge in [0.05, 0.1) is 6.04 Å². The number of nitrogens with zero attached hydrogens (tertiary/aromatic N) is 4. The Morgan fingerprint density at radius 2 is 1.85 bits per heavy atom. The minimum Gasteiger partial charge on any atom is -0.444 e. The number of anilines is 1. The molecule has 2 aliphatic rings. The van der Waals surface area contributed by atoms with Crippen molar-refractivity contribution in [3.05, 3.63) is 23.9 Å². The van der Waals surface area contributed by atoms with Crippen LogP contribution in [0.5, 0.6) is 0 Å². The Balaban J connectivity index is 1.70. The summed E-state index contributed by atoms with van der Waals surface area (Å²) in [4.78, 5) is 34.8. The first kappa shape index (κ1) is 19.5. The highest BCUT2D eigenvalue weighted by Crippen LogP contribution is 2.36. The van der Waals surface area contributed by atoms with Crippen LogP contribution in [0.25, 0.3) is 0 Å². The lowest BCUT2D eigenvalue weighted by Gasteiger charge is -2.37. The first-order chi connectivity index (χ1) is 12.8. The van der Waals surface area contributed by atoms with E-state index in [0.29, 0.717) is 26.2 Å². The Hall–Kier alpha value is -2.31. The van der Waals surface area contributed by atoms with Gasteiger partial charge in [-0.05, 0) is 39.7 Å². The molecule has 2 saturated heterocycles. The van der Waals surface area contributed by atoms with E-state index in [9.17, 15) is 9.59 Å². The van der Waals surface area contributed by atoms with Crippen LogP contribution in [-0.2, 0) is 9.53 Å². The van der Waals surface area contributed by atoms with Crippen LogP contribution >= 0.6 is 0 Å². The van der Waals surface area contributed by atoms with Crippen LogP contribution in [0.2, 0.25) is 0 Å². The number of piperazine rings is 1. The topological polar surface area (TPSA) is 66.0 Å². The summed E-state index contributed by atoms with van der Waals surface area (Å²) in [6.45, 7) is 10.7. The molecule has 7 nitrogen and oxygen atoms in total. The summed E-state index contributed by atoms with van der Waals surface area (Å²) < 4.78 is 5.47. The van der Waals surface area contributed by atoms with Gasteiger partial charge >= 0.3 is 6.09 Å². The maximum atomic E-state index is 12.3. The lowest BCUT2D eigenvalue weighted by Crippen LogP contribution is -2.50. The van der Waals surface area contributed by atoms with Crippen LogP contribution in [-0.4, -0.2) is 65.1 Å². The number of hydrogen-bond acceptors (Lipinski definition) is 5. The molecule has 3 rings (SSSR count). The fourth-order valence-electron chi connectivity index (χ4n) is 3.83. The molecule has 1 atom stereocenters. The largest absolute Gasteiger partial charge is 0.444 e. The molecule has 1 aromatic rings. The zero-order valence-electron chi connectivity index (χ0n) is 16.8. The summed E-state index contributed by atoms with van der Waals surface area (Å²) >= 11 is 0. The average molecular weight is 374 g/mol. The van der Waals surface area contributed by atoms with Crippen LogP contribution in [0.3, 0.4) is 0 Å². The molecule has 2 aliphatic heterocycles. The zero-order chi connectivity index (χ0) is 19.6. The minimum absolute atomic E-state index is 0.0927. The number of rotatable bonds is 2. The smallest absolute Gasteiger partial charge is 0.410 e. The molecule has 0 aliphatic carbocycles. The SMILES string of the molecule is CC(=O)N1CCC[C@H]1c1cccnc1N1CCN(C(=O)OC(C)(C)C)CC1. The maximum Gasteiger partial charge on any atom is 0.410 e. The number of amides is 2. The molecule has 0 bridgehead atoms. The van der Waals surface area contributed by atoms with Crippen molar-refractivity contribution < 1.29 is 14.3 Å². The third kappa shape index (κ3) is 4.51. The molecule has 0 aromatic carbocycles. The van der Waals surface area contributed by atoms with Crippen LogP contribution in [0.4, 0.5) is 10.6 Å².